The summed E-state index contributed by atoms with van der Waals surface area (Å²) in [5.41, 5.74) is 0.811. The van der Waals surface area contributed by atoms with Gasteiger partial charge >= 0.3 is 6.18 Å². The van der Waals surface area contributed by atoms with E-state index in [0.717, 1.165) is 54.8 Å². The first-order chi connectivity index (χ1) is 14.7. The summed E-state index contributed by atoms with van der Waals surface area (Å²) in [6, 6.07) is 10.4. The van der Waals surface area contributed by atoms with Crippen LogP contribution in [-0.4, -0.2) is 34.2 Å². The highest BCUT2D eigenvalue weighted by Gasteiger charge is 2.30. The van der Waals surface area contributed by atoms with Gasteiger partial charge in [-0.25, -0.2) is 0 Å². The van der Waals surface area contributed by atoms with Gasteiger partial charge in [-0.05, 0) is 67.7 Å². The molecule has 1 atom stereocenters. The fourth-order valence-corrected chi connectivity index (χ4v) is 5.29. The zero-order valence-corrected chi connectivity index (χ0v) is 20.7. The quantitative estimate of drug-likeness (QED) is 0.407. The number of rotatable bonds is 5. The Labute approximate surface area is 211 Å². The van der Waals surface area contributed by atoms with Gasteiger partial charge in [-0.1, -0.05) is 35.1 Å². The second kappa shape index (κ2) is 11.4. The summed E-state index contributed by atoms with van der Waals surface area (Å²) in [4.78, 5) is 2.66. The molecule has 2 N–H and O–H groups in total. The van der Waals surface area contributed by atoms with E-state index in [2.05, 4.69) is 4.90 Å². The van der Waals surface area contributed by atoms with Gasteiger partial charge in [0.2, 0.25) is 0 Å². The maximum atomic E-state index is 12.7. The molecule has 2 heterocycles. The number of β-amino-alcohol motifs (C(OH)–C–C–N with tert-alkyl or cyclic N) is 1. The number of aliphatic hydroxyl groups excluding tert-OH is 1. The maximum Gasteiger partial charge on any atom is 0.416 e. The largest absolute Gasteiger partial charge is 0.416 e. The van der Waals surface area contributed by atoms with Crippen molar-refractivity contribution in [2.24, 2.45) is 5.92 Å². The summed E-state index contributed by atoms with van der Waals surface area (Å²) in [6.45, 7) is 2.79. The van der Waals surface area contributed by atoms with Crippen LogP contribution in [0.1, 0.15) is 30.1 Å². The number of hydrogen-bond acceptors (Lipinski definition) is 4. The fraction of sp³-hybridized carbons (Fsp3) is 0.409. The Kier molecular flexibility index (Phi) is 9.68. The first-order valence-electron chi connectivity index (χ1n) is 10.1. The molecule has 1 aliphatic rings. The topological polar surface area (TPSA) is 52.2 Å². The highest BCUT2D eigenvalue weighted by Crippen LogP contribution is 2.30. The molecule has 1 unspecified atom stereocenters. The molecule has 3 aromatic rings. The number of benzene rings is 2. The molecule has 4 rings (SSSR count). The zero-order valence-electron chi connectivity index (χ0n) is 17.5. The molecule has 0 amide bonds. The minimum Gasteiger partial charge on any atom is -0.387 e. The molecule has 11 heteroatoms. The second-order valence-electron chi connectivity index (χ2n) is 8.01. The lowest BCUT2D eigenvalue weighted by molar-refractivity contribution is -0.137. The van der Waals surface area contributed by atoms with Crippen LogP contribution in [0.5, 0.6) is 0 Å². The van der Waals surface area contributed by atoms with Crippen LogP contribution in [0.3, 0.4) is 0 Å². The van der Waals surface area contributed by atoms with Crippen molar-refractivity contribution < 1.29 is 18.3 Å². The highest BCUT2D eigenvalue weighted by atomic mass is 35.5. The molecule has 0 radical (unpaired) electrons. The number of piperidine rings is 1. The summed E-state index contributed by atoms with van der Waals surface area (Å²) in [6.07, 6.45) is -3.31. The van der Waals surface area contributed by atoms with Crippen molar-refractivity contribution in [3.63, 3.8) is 0 Å². The lowest BCUT2D eigenvalue weighted by atomic mass is 9.96. The van der Waals surface area contributed by atoms with E-state index in [-0.39, 0.29) is 24.8 Å². The smallest absolute Gasteiger partial charge is 0.387 e. The molecule has 4 nitrogen and oxygen atoms in total. The SMILES string of the molecule is Cl.Cl.N=c1sc2cc(Cl)ccc2n1CC1CCN(CC(O)c2ccc(C(F)(F)F)cc2)CC1. The zero-order chi connectivity index (χ0) is 22.2. The minimum absolute atomic E-state index is 0. The van der Waals surface area contributed by atoms with Crippen LogP contribution in [0.15, 0.2) is 42.5 Å². The monoisotopic (exact) mass is 541 g/mol. The Morgan fingerprint density at radius 2 is 1.73 bits per heavy atom. The molecule has 1 aliphatic heterocycles. The fourth-order valence-electron chi connectivity index (χ4n) is 4.10. The van der Waals surface area contributed by atoms with E-state index in [1.54, 1.807) is 0 Å². The molecule has 0 spiro atoms. The van der Waals surface area contributed by atoms with Crippen LogP contribution in [0.2, 0.25) is 5.02 Å². The number of hydrogen-bond donors (Lipinski definition) is 2. The van der Waals surface area contributed by atoms with E-state index >= 15 is 0 Å². The number of thiazole rings is 1. The second-order valence-corrected chi connectivity index (χ2v) is 9.48. The van der Waals surface area contributed by atoms with Gasteiger partial charge < -0.3 is 14.6 Å². The summed E-state index contributed by atoms with van der Waals surface area (Å²) in [5, 5.41) is 19.4. The Morgan fingerprint density at radius 1 is 1.09 bits per heavy atom. The lowest BCUT2D eigenvalue weighted by Crippen LogP contribution is -2.38. The molecule has 182 valence electrons. The molecule has 1 saturated heterocycles. The van der Waals surface area contributed by atoms with Crippen molar-refractivity contribution in [2.75, 3.05) is 19.6 Å². The lowest BCUT2D eigenvalue weighted by Gasteiger charge is -2.33. The Balaban J connectivity index is 0.00000193. The van der Waals surface area contributed by atoms with Crippen LogP contribution in [0.25, 0.3) is 10.2 Å². The predicted octanol–water partition coefficient (Wildman–Crippen LogP) is 6.14. The van der Waals surface area contributed by atoms with Gasteiger partial charge in [-0.2, -0.15) is 13.2 Å². The maximum absolute atomic E-state index is 12.7. The number of aliphatic hydroxyl groups is 1. The molecule has 2 aromatic carbocycles. The standard InChI is InChI=1S/C22H23ClF3N3OS.2ClH/c23-17-5-6-18-20(11-17)31-21(27)29(18)12-14-7-9-28(10-8-14)13-19(30)15-1-3-16(4-2-15)22(24,25)26;;/h1-6,11,14,19,27,30H,7-10,12-13H2;2*1H. The number of halogens is 6. The van der Waals surface area contributed by atoms with E-state index in [4.69, 9.17) is 17.0 Å². The van der Waals surface area contributed by atoms with Gasteiger partial charge in [0.25, 0.3) is 0 Å². The number of alkyl halides is 3. The van der Waals surface area contributed by atoms with Crippen LogP contribution in [-0.2, 0) is 12.7 Å². The number of aromatic nitrogens is 1. The predicted molar refractivity (Wildman–Crippen MR) is 131 cm³/mol. The molecular formula is C22H25Cl3F3N3OS. The minimum atomic E-state index is -4.37. The van der Waals surface area contributed by atoms with Crippen molar-refractivity contribution in [3.05, 3.63) is 63.4 Å². The van der Waals surface area contributed by atoms with Crippen molar-refractivity contribution in [1.29, 1.82) is 5.41 Å². The van der Waals surface area contributed by atoms with Gasteiger partial charge in [0.05, 0.1) is 21.9 Å². The molecular weight excluding hydrogens is 518 g/mol. The summed E-state index contributed by atoms with van der Waals surface area (Å²) in [7, 11) is 0. The number of fused-ring (bicyclic) bond motifs is 1. The Hall–Kier alpha value is -1.29. The first kappa shape index (κ1) is 28.0. The van der Waals surface area contributed by atoms with Crippen LogP contribution in [0.4, 0.5) is 13.2 Å². The van der Waals surface area contributed by atoms with Gasteiger partial charge in [0.15, 0.2) is 4.80 Å². The Morgan fingerprint density at radius 3 is 2.33 bits per heavy atom. The van der Waals surface area contributed by atoms with Gasteiger partial charge in [-0.15, -0.1) is 24.8 Å². The van der Waals surface area contributed by atoms with Gasteiger partial charge in [0, 0.05) is 18.1 Å². The first-order valence-corrected chi connectivity index (χ1v) is 11.3. The third-order valence-corrected chi connectivity index (χ3v) is 7.06. The summed E-state index contributed by atoms with van der Waals surface area (Å²) >= 11 is 7.48. The average Bonchev–Trinajstić information content (AvgIpc) is 3.03. The van der Waals surface area contributed by atoms with Crippen LogP contribution in [0, 0.1) is 11.3 Å². The average molecular weight is 543 g/mol. The molecule has 0 saturated carbocycles. The normalized spacial score (nSPS) is 16.3. The van der Waals surface area contributed by atoms with E-state index < -0.39 is 17.8 Å². The summed E-state index contributed by atoms with van der Waals surface area (Å²) < 4.78 is 41.2. The molecule has 1 fully saturated rings. The van der Waals surface area contributed by atoms with Crippen LogP contribution < -0.4 is 4.80 Å². The van der Waals surface area contributed by atoms with E-state index in [0.29, 0.717) is 27.9 Å². The number of nitrogens with zero attached hydrogens (tertiary/aromatic N) is 2. The third kappa shape index (κ3) is 6.65. The van der Waals surface area contributed by atoms with Crippen LogP contribution >= 0.6 is 47.8 Å². The van der Waals surface area contributed by atoms with Crippen molar-refractivity contribution in [2.45, 2.75) is 31.7 Å². The van der Waals surface area contributed by atoms with E-state index in [1.807, 2.05) is 22.8 Å². The molecule has 0 aliphatic carbocycles. The molecule has 1 aromatic heterocycles. The van der Waals surface area contributed by atoms with Gasteiger partial charge in [-0.3, -0.25) is 5.41 Å². The van der Waals surface area contributed by atoms with Crippen molar-refractivity contribution >= 4 is 58.0 Å². The molecule has 0 bridgehead atoms. The number of likely N-dealkylation sites (tertiary alicyclic amines) is 1. The Bertz CT molecular complexity index is 1110. The third-order valence-electron chi connectivity index (χ3n) is 5.87. The van der Waals surface area contributed by atoms with Crippen molar-refractivity contribution in [3.8, 4) is 0 Å². The molecule has 33 heavy (non-hydrogen) atoms. The summed E-state index contributed by atoms with van der Waals surface area (Å²) in [5.74, 6) is 0.432. The van der Waals surface area contributed by atoms with Crippen molar-refractivity contribution in [1.82, 2.24) is 9.47 Å². The van der Waals surface area contributed by atoms with E-state index in [1.165, 1.54) is 23.5 Å². The van der Waals surface area contributed by atoms with E-state index in [9.17, 15) is 18.3 Å². The van der Waals surface area contributed by atoms with Gasteiger partial charge in [0.1, 0.15) is 0 Å². The number of nitrogens with one attached hydrogen (secondary N) is 1. The highest BCUT2D eigenvalue weighted by molar-refractivity contribution is 7.16.